The fraction of sp³-hybridized carbons (Fsp3) is 0.368. The first-order chi connectivity index (χ1) is 24.4. The second kappa shape index (κ2) is 18.4. The van der Waals surface area contributed by atoms with E-state index in [1.54, 1.807) is 60.7 Å². The second-order valence-electron chi connectivity index (χ2n) is 14.2. The number of hydrogen-bond acceptors (Lipinski definition) is 9. The van der Waals surface area contributed by atoms with Gasteiger partial charge in [-0.15, -0.1) is 0 Å². The van der Waals surface area contributed by atoms with Crippen LogP contribution in [0.25, 0.3) is 0 Å². The summed E-state index contributed by atoms with van der Waals surface area (Å²) < 4.78 is 0. The molecular formula is C38H47N5O9. The van der Waals surface area contributed by atoms with Crippen molar-refractivity contribution in [1.82, 2.24) is 10.6 Å². The van der Waals surface area contributed by atoms with Crippen molar-refractivity contribution in [1.29, 1.82) is 0 Å². The Hall–Kier alpha value is -5.92. The minimum atomic E-state index is -1.34. The van der Waals surface area contributed by atoms with Crippen LogP contribution in [0.15, 0.2) is 84.8 Å². The van der Waals surface area contributed by atoms with Gasteiger partial charge in [-0.3, -0.25) is 19.7 Å². The van der Waals surface area contributed by atoms with Gasteiger partial charge in [-0.1, -0.05) is 71.0 Å². The molecule has 0 aliphatic carbocycles. The lowest BCUT2D eigenvalue weighted by molar-refractivity contribution is -0.403. The maximum atomic E-state index is 13.8. The number of nitro groups is 1. The third-order valence-corrected chi connectivity index (χ3v) is 7.90. The minimum Gasteiger partial charge on any atom is -0.508 e. The number of anilines is 2. The van der Waals surface area contributed by atoms with Crippen molar-refractivity contribution in [3.8, 4) is 5.75 Å². The molecule has 0 heterocycles. The number of carbonyl (C=O) groups excluding carboxylic acids is 2. The van der Waals surface area contributed by atoms with Gasteiger partial charge in [-0.2, -0.15) is 0 Å². The van der Waals surface area contributed by atoms with Crippen LogP contribution < -0.4 is 21.3 Å². The molecule has 14 heteroatoms. The summed E-state index contributed by atoms with van der Waals surface area (Å²) in [5, 5.41) is 51.9. The van der Waals surface area contributed by atoms with Crippen LogP contribution >= 0.6 is 0 Å². The van der Waals surface area contributed by atoms with Gasteiger partial charge in [0.05, 0.1) is 10.8 Å². The predicted molar refractivity (Wildman–Crippen MR) is 196 cm³/mol. The van der Waals surface area contributed by atoms with Gasteiger partial charge in [0.2, 0.25) is 11.8 Å². The molecule has 3 atom stereocenters. The Balaban J connectivity index is 1.79. The van der Waals surface area contributed by atoms with E-state index in [9.17, 15) is 44.6 Å². The number of benzene rings is 3. The van der Waals surface area contributed by atoms with Gasteiger partial charge in [0, 0.05) is 30.6 Å². The molecule has 3 aromatic rings. The molecule has 0 aliphatic heterocycles. The van der Waals surface area contributed by atoms with Gasteiger partial charge in [0.25, 0.3) is 6.20 Å². The first kappa shape index (κ1) is 40.5. The van der Waals surface area contributed by atoms with Crippen LogP contribution in [0.3, 0.4) is 0 Å². The smallest absolute Gasteiger partial charge is 0.326 e. The van der Waals surface area contributed by atoms with Gasteiger partial charge in [0.1, 0.15) is 17.8 Å². The normalized spacial score (nSPS) is 13.4. The number of carbonyl (C=O) groups is 4. The third-order valence-electron chi connectivity index (χ3n) is 7.90. The highest BCUT2D eigenvalue weighted by Crippen LogP contribution is 2.27. The molecule has 0 bridgehead atoms. The van der Waals surface area contributed by atoms with E-state index < -0.39 is 46.7 Å². The zero-order valence-corrected chi connectivity index (χ0v) is 29.9. The predicted octanol–water partition coefficient (Wildman–Crippen LogP) is 5.48. The van der Waals surface area contributed by atoms with Gasteiger partial charge in [0.15, 0.2) is 5.82 Å². The maximum absolute atomic E-state index is 13.8. The largest absolute Gasteiger partial charge is 0.508 e. The van der Waals surface area contributed by atoms with Crippen LogP contribution in [-0.4, -0.2) is 56.1 Å². The summed E-state index contributed by atoms with van der Waals surface area (Å²) in [7, 11) is 0. The van der Waals surface area contributed by atoms with Crippen LogP contribution in [0.5, 0.6) is 5.75 Å². The van der Waals surface area contributed by atoms with Crippen LogP contribution in [0.1, 0.15) is 70.1 Å². The van der Waals surface area contributed by atoms with Gasteiger partial charge < -0.3 is 36.6 Å². The number of phenols is 1. The monoisotopic (exact) mass is 717 g/mol. The highest BCUT2D eigenvalue weighted by molar-refractivity contribution is 5.88. The van der Waals surface area contributed by atoms with Gasteiger partial charge >= 0.3 is 11.9 Å². The molecule has 0 spiro atoms. The van der Waals surface area contributed by atoms with Crippen molar-refractivity contribution in [2.75, 3.05) is 10.6 Å². The molecule has 0 saturated carbocycles. The number of amides is 2. The summed E-state index contributed by atoms with van der Waals surface area (Å²) >= 11 is 0. The molecule has 7 N–H and O–H groups in total. The number of aromatic hydroxyl groups is 1. The van der Waals surface area contributed by atoms with Gasteiger partial charge in [-0.05, 0) is 70.8 Å². The molecule has 0 fully saturated rings. The summed E-state index contributed by atoms with van der Waals surface area (Å²) in [4.78, 5) is 61.5. The Bertz CT molecular complexity index is 1750. The number of nitrogens with zero attached hydrogens (tertiary/aromatic N) is 1. The SMILES string of the molecule is CC(C)CC(C(=O)NC(Cc1ccccc1CC(NC(=O)CC(C)(C)C)C(=O)O)C(=O)O)c1ccc(NC(=C[N+](=O)[O-])Nc2ccc(O)cc2)cc1. The molecule has 3 rings (SSSR count). The van der Waals surface area contributed by atoms with Crippen molar-refractivity contribution >= 4 is 35.1 Å². The minimum absolute atomic E-state index is 0.0380. The molecular weight excluding hydrogens is 670 g/mol. The molecule has 2 amide bonds. The number of rotatable bonds is 18. The molecule has 3 unspecified atom stereocenters. The number of phenolic OH excluding ortho intramolecular Hbond substituents is 1. The molecule has 3 aromatic carbocycles. The Kier molecular flexibility index (Phi) is 14.3. The van der Waals surface area contributed by atoms with Crippen molar-refractivity contribution < 1.29 is 39.4 Å². The summed E-state index contributed by atoms with van der Waals surface area (Å²) in [6.07, 6.45) is 1.06. The summed E-state index contributed by atoms with van der Waals surface area (Å²) in [5.41, 5.74) is 2.26. The lowest BCUT2D eigenvalue weighted by atomic mass is 9.88. The fourth-order valence-corrected chi connectivity index (χ4v) is 5.52. The van der Waals surface area contributed by atoms with Crippen molar-refractivity contribution in [2.45, 2.75) is 78.3 Å². The summed E-state index contributed by atoms with van der Waals surface area (Å²) in [6, 6.07) is 16.8. The lowest BCUT2D eigenvalue weighted by Gasteiger charge is -2.24. The maximum Gasteiger partial charge on any atom is 0.326 e. The van der Waals surface area contributed by atoms with Crippen molar-refractivity contribution in [2.24, 2.45) is 11.3 Å². The van der Waals surface area contributed by atoms with E-state index in [0.717, 1.165) is 6.20 Å². The van der Waals surface area contributed by atoms with E-state index in [1.807, 2.05) is 34.6 Å². The molecule has 0 aromatic heterocycles. The van der Waals surface area contributed by atoms with Crippen molar-refractivity contribution in [3.05, 3.63) is 112 Å². The second-order valence-corrected chi connectivity index (χ2v) is 14.2. The van der Waals surface area contributed by atoms with Gasteiger partial charge in [-0.25, -0.2) is 9.59 Å². The van der Waals surface area contributed by atoms with E-state index in [2.05, 4.69) is 21.3 Å². The van der Waals surface area contributed by atoms with E-state index in [-0.39, 0.29) is 42.2 Å². The number of hydrogen-bond donors (Lipinski definition) is 7. The zero-order valence-electron chi connectivity index (χ0n) is 29.9. The topological polar surface area (TPSA) is 220 Å². The first-order valence-electron chi connectivity index (χ1n) is 16.8. The van der Waals surface area contributed by atoms with E-state index in [4.69, 9.17) is 0 Å². The van der Waals surface area contributed by atoms with Crippen LogP contribution in [-0.2, 0) is 32.0 Å². The third kappa shape index (κ3) is 13.4. The van der Waals surface area contributed by atoms with E-state index >= 15 is 0 Å². The molecule has 0 aliphatic rings. The number of carboxylic acid groups (broad SMARTS) is 2. The Morgan fingerprint density at radius 2 is 1.27 bits per heavy atom. The lowest BCUT2D eigenvalue weighted by Crippen LogP contribution is -2.45. The Morgan fingerprint density at radius 3 is 1.71 bits per heavy atom. The summed E-state index contributed by atoms with van der Waals surface area (Å²) in [6.45, 7) is 9.47. The quantitative estimate of drug-likeness (QED) is 0.0496. The summed E-state index contributed by atoms with van der Waals surface area (Å²) in [5.74, 6) is -4.01. The molecule has 278 valence electrons. The molecule has 0 radical (unpaired) electrons. The number of aliphatic carboxylic acids is 2. The molecule has 0 saturated heterocycles. The van der Waals surface area contributed by atoms with Crippen molar-refractivity contribution in [3.63, 3.8) is 0 Å². The average Bonchev–Trinajstić information content (AvgIpc) is 3.04. The van der Waals surface area contributed by atoms with Crippen LogP contribution in [0.4, 0.5) is 11.4 Å². The van der Waals surface area contributed by atoms with Crippen LogP contribution in [0.2, 0.25) is 0 Å². The Morgan fingerprint density at radius 1 is 0.788 bits per heavy atom. The fourth-order valence-electron chi connectivity index (χ4n) is 5.52. The zero-order chi connectivity index (χ0) is 38.6. The average molecular weight is 718 g/mol. The molecule has 14 nitrogen and oxygen atoms in total. The van der Waals surface area contributed by atoms with Crippen LogP contribution in [0, 0.1) is 21.4 Å². The Labute approximate surface area is 302 Å². The number of carboxylic acids is 2. The van der Waals surface area contributed by atoms with E-state index in [0.29, 0.717) is 34.5 Å². The molecule has 52 heavy (non-hydrogen) atoms. The highest BCUT2D eigenvalue weighted by atomic mass is 16.6. The van der Waals surface area contributed by atoms with E-state index in [1.165, 1.54) is 12.1 Å². The number of nitrogens with one attached hydrogen (secondary N) is 4. The highest BCUT2D eigenvalue weighted by Gasteiger charge is 2.29. The first-order valence-corrected chi connectivity index (χ1v) is 16.8. The standard InChI is InChI=1S/C38H47N5O9/c1-23(2)18-30(24-10-12-27(13-11-24)39-33(22-43(51)52)40-28-14-16-29(44)17-15-28)35(46)42-32(37(49)50)20-26-9-7-6-8-25(26)19-31(36(47)48)41-34(45)21-38(3,4)5/h6-17,22-23,30-32,39-40,44H,18-21H2,1-5H3,(H,41,45)(H,42,46)(H,47,48)(H,49,50).